The van der Waals surface area contributed by atoms with Gasteiger partial charge in [-0.25, -0.2) is 0 Å². The molecular formula is C11H12F3NOS. The van der Waals surface area contributed by atoms with Crippen molar-refractivity contribution in [2.24, 2.45) is 5.73 Å². The van der Waals surface area contributed by atoms with Crippen LogP contribution in [0.25, 0.3) is 0 Å². The van der Waals surface area contributed by atoms with E-state index in [-0.39, 0.29) is 6.61 Å². The van der Waals surface area contributed by atoms with Gasteiger partial charge in [-0.05, 0) is 17.7 Å². The molecule has 0 aliphatic heterocycles. The zero-order valence-electron chi connectivity index (χ0n) is 8.96. The summed E-state index contributed by atoms with van der Waals surface area (Å²) in [4.78, 5) is 0.371. The van der Waals surface area contributed by atoms with Gasteiger partial charge in [-0.15, -0.1) is 0 Å². The van der Waals surface area contributed by atoms with Crippen LogP contribution < -0.4 is 10.5 Å². The maximum Gasteiger partial charge on any atom is 0.392 e. The topological polar surface area (TPSA) is 35.2 Å². The third-order valence-corrected chi connectivity index (χ3v) is 2.10. The summed E-state index contributed by atoms with van der Waals surface area (Å²) >= 11 is 4.74. The van der Waals surface area contributed by atoms with Crippen LogP contribution in [-0.4, -0.2) is 17.8 Å². The number of nitrogens with two attached hydrogens (primary N) is 1. The molecule has 1 rings (SSSR count). The second-order valence-electron chi connectivity index (χ2n) is 3.50. The molecule has 1 aromatic rings. The van der Waals surface area contributed by atoms with E-state index in [4.69, 9.17) is 22.7 Å². The van der Waals surface area contributed by atoms with E-state index in [2.05, 4.69) is 0 Å². The van der Waals surface area contributed by atoms with Gasteiger partial charge in [0.1, 0.15) is 5.75 Å². The molecule has 0 aliphatic carbocycles. The van der Waals surface area contributed by atoms with Gasteiger partial charge in [0.25, 0.3) is 0 Å². The second kappa shape index (κ2) is 5.86. The highest BCUT2D eigenvalue weighted by Gasteiger charge is 2.26. The summed E-state index contributed by atoms with van der Waals surface area (Å²) < 4.78 is 40.5. The van der Waals surface area contributed by atoms with Crippen LogP contribution in [0.5, 0.6) is 5.75 Å². The molecule has 0 amide bonds. The Labute approximate surface area is 103 Å². The first kappa shape index (κ1) is 13.8. The lowest BCUT2D eigenvalue weighted by atomic mass is 10.1. The lowest BCUT2D eigenvalue weighted by molar-refractivity contribution is -0.139. The highest BCUT2D eigenvalue weighted by atomic mass is 32.1. The molecule has 0 aromatic heterocycles. The minimum Gasteiger partial charge on any atom is -0.493 e. The second-order valence-corrected chi connectivity index (χ2v) is 4.03. The molecule has 2 nitrogen and oxygen atoms in total. The number of benzene rings is 1. The van der Waals surface area contributed by atoms with Crippen molar-refractivity contribution in [2.45, 2.75) is 19.0 Å². The number of hydrogen-bond donors (Lipinski definition) is 1. The van der Waals surface area contributed by atoms with Crippen molar-refractivity contribution in [1.82, 2.24) is 0 Å². The molecule has 0 atom stereocenters. The van der Waals surface area contributed by atoms with Crippen molar-refractivity contribution in [3.8, 4) is 5.75 Å². The average Bonchev–Trinajstić information content (AvgIpc) is 2.18. The van der Waals surface area contributed by atoms with Gasteiger partial charge in [0.05, 0.1) is 18.0 Å². The lowest BCUT2D eigenvalue weighted by Crippen LogP contribution is -2.13. The van der Waals surface area contributed by atoms with Crippen molar-refractivity contribution in [3.05, 3.63) is 29.8 Å². The molecule has 0 unspecified atom stereocenters. The Kier molecular flexibility index (Phi) is 4.74. The SMILES string of the molecule is NC(=S)Cc1ccc(OCCC(F)(F)F)cc1. The summed E-state index contributed by atoms with van der Waals surface area (Å²) in [6.45, 7) is -0.377. The van der Waals surface area contributed by atoms with Crippen LogP contribution >= 0.6 is 12.2 Å². The zero-order chi connectivity index (χ0) is 12.9. The predicted molar refractivity (Wildman–Crippen MR) is 63.1 cm³/mol. The molecular weight excluding hydrogens is 251 g/mol. The van der Waals surface area contributed by atoms with Crippen LogP contribution in [0.3, 0.4) is 0 Å². The minimum absolute atomic E-state index is 0.371. The molecule has 0 radical (unpaired) electrons. The Bertz CT molecular complexity index is 375. The Morgan fingerprint density at radius 1 is 1.24 bits per heavy atom. The lowest BCUT2D eigenvalue weighted by Gasteiger charge is -2.09. The number of thiocarbonyl (C=S) groups is 1. The monoisotopic (exact) mass is 263 g/mol. The predicted octanol–water partition coefficient (Wildman–Crippen LogP) is 2.85. The number of rotatable bonds is 5. The molecule has 0 heterocycles. The maximum absolute atomic E-state index is 11.9. The van der Waals surface area contributed by atoms with Crippen molar-refractivity contribution < 1.29 is 17.9 Å². The van der Waals surface area contributed by atoms with Crippen LogP contribution in [0.1, 0.15) is 12.0 Å². The van der Waals surface area contributed by atoms with Gasteiger partial charge < -0.3 is 10.5 Å². The average molecular weight is 263 g/mol. The molecule has 0 aliphatic rings. The van der Waals surface area contributed by atoms with Crippen LogP contribution in [0.2, 0.25) is 0 Å². The Morgan fingerprint density at radius 2 is 1.82 bits per heavy atom. The molecule has 6 heteroatoms. The van der Waals surface area contributed by atoms with E-state index in [1.54, 1.807) is 24.3 Å². The highest BCUT2D eigenvalue weighted by molar-refractivity contribution is 7.80. The fourth-order valence-corrected chi connectivity index (χ4v) is 1.36. The van der Waals surface area contributed by atoms with E-state index in [9.17, 15) is 13.2 Å². The molecule has 94 valence electrons. The largest absolute Gasteiger partial charge is 0.493 e. The molecule has 0 spiro atoms. The van der Waals surface area contributed by atoms with Crippen molar-refractivity contribution in [3.63, 3.8) is 0 Å². The normalized spacial score (nSPS) is 11.2. The van der Waals surface area contributed by atoms with Crippen molar-refractivity contribution in [1.29, 1.82) is 0 Å². The molecule has 1 aromatic carbocycles. The van der Waals surface area contributed by atoms with Gasteiger partial charge in [0.15, 0.2) is 0 Å². The molecule has 0 saturated carbocycles. The molecule has 0 fully saturated rings. The first-order chi connectivity index (χ1) is 7.87. The van der Waals surface area contributed by atoms with E-state index >= 15 is 0 Å². The number of halogens is 3. The van der Waals surface area contributed by atoms with Crippen LogP contribution in [0, 0.1) is 0 Å². The van der Waals surface area contributed by atoms with E-state index in [1.807, 2.05) is 0 Å². The third kappa shape index (κ3) is 6.11. The van der Waals surface area contributed by atoms with E-state index in [0.29, 0.717) is 17.2 Å². The quantitative estimate of drug-likeness (QED) is 0.830. The van der Waals surface area contributed by atoms with Gasteiger partial charge in [-0.3, -0.25) is 0 Å². The van der Waals surface area contributed by atoms with E-state index in [0.717, 1.165) is 5.56 Å². The van der Waals surface area contributed by atoms with Gasteiger partial charge >= 0.3 is 6.18 Å². The molecule has 0 saturated heterocycles. The molecule has 0 bridgehead atoms. The fraction of sp³-hybridized carbons (Fsp3) is 0.364. The Balaban J connectivity index is 2.43. The van der Waals surface area contributed by atoms with Gasteiger partial charge in [-0.1, -0.05) is 24.4 Å². The highest BCUT2D eigenvalue weighted by Crippen LogP contribution is 2.20. The van der Waals surface area contributed by atoms with Crippen LogP contribution in [0.15, 0.2) is 24.3 Å². The van der Waals surface area contributed by atoms with Gasteiger partial charge in [0.2, 0.25) is 0 Å². The maximum atomic E-state index is 11.9. The zero-order valence-corrected chi connectivity index (χ0v) is 9.77. The van der Waals surface area contributed by atoms with Gasteiger partial charge in [0, 0.05) is 6.42 Å². The first-order valence-corrected chi connectivity index (χ1v) is 5.34. The Hall–Kier alpha value is -1.30. The number of alkyl halides is 3. The van der Waals surface area contributed by atoms with Crippen molar-refractivity contribution in [2.75, 3.05) is 6.61 Å². The smallest absolute Gasteiger partial charge is 0.392 e. The summed E-state index contributed by atoms with van der Waals surface area (Å²) in [5, 5.41) is 0. The van der Waals surface area contributed by atoms with Gasteiger partial charge in [-0.2, -0.15) is 13.2 Å². The van der Waals surface area contributed by atoms with Crippen LogP contribution in [-0.2, 0) is 6.42 Å². The molecule has 2 N–H and O–H groups in total. The van der Waals surface area contributed by atoms with E-state index in [1.165, 1.54) is 0 Å². The van der Waals surface area contributed by atoms with E-state index < -0.39 is 12.6 Å². The summed E-state index contributed by atoms with van der Waals surface area (Å²) in [6.07, 6.45) is -4.68. The standard InChI is InChI=1S/C11H12F3NOS/c12-11(13,14)5-6-16-9-3-1-8(2-4-9)7-10(15)17/h1-4H,5-7H2,(H2,15,17). The summed E-state index contributed by atoms with van der Waals surface area (Å²) in [5.74, 6) is 0.404. The summed E-state index contributed by atoms with van der Waals surface area (Å²) in [7, 11) is 0. The third-order valence-electron chi connectivity index (χ3n) is 1.96. The summed E-state index contributed by atoms with van der Waals surface area (Å²) in [5.41, 5.74) is 6.27. The Morgan fingerprint density at radius 3 is 2.29 bits per heavy atom. The van der Waals surface area contributed by atoms with Crippen molar-refractivity contribution >= 4 is 17.2 Å². The van der Waals surface area contributed by atoms with Crippen LogP contribution in [0.4, 0.5) is 13.2 Å². The first-order valence-electron chi connectivity index (χ1n) is 4.93. The number of ether oxygens (including phenoxy) is 1. The summed E-state index contributed by atoms with van der Waals surface area (Å²) in [6, 6.07) is 6.65. The minimum atomic E-state index is -4.19. The molecule has 17 heavy (non-hydrogen) atoms. The fourth-order valence-electron chi connectivity index (χ4n) is 1.19. The number of hydrogen-bond acceptors (Lipinski definition) is 2.